The zero-order valence-corrected chi connectivity index (χ0v) is 20.2. The Kier molecular flexibility index (Phi) is 6.64. The molecule has 0 spiro atoms. The Bertz CT molecular complexity index is 1410. The van der Waals surface area contributed by atoms with Gasteiger partial charge in [0, 0.05) is 19.7 Å². The van der Waals surface area contributed by atoms with Gasteiger partial charge in [0.2, 0.25) is 16.0 Å². The van der Waals surface area contributed by atoms with E-state index in [0.29, 0.717) is 28.6 Å². The molecule has 0 amide bonds. The first kappa shape index (κ1) is 24.1. The Balaban J connectivity index is 1.79. The molecule has 0 saturated heterocycles. The van der Waals surface area contributed by atoms with Crippen LogP contribution < -0.4 is 14.2 Å². The largest absolute Gasteiger partial charge is 0.494 e. The van der Waals surface area contributed by atoms with E-state index < -0.39 is 21.1 Å². The Morgan fingerprint density at radius 3 is 2.31 bits per heavy atom. The van der Waals surface area contributed by atoms with E-state index in [9.17, 15) is 12.8 Å². The Hall–Kier alpha value is -4.07. The predicted octanol–water partition coefficient (Wildman–Crippen LogP) is 1.99. The van der Waals surface area contributed by atoms with Crippen molar-refractivity contribution >= 4 is 16.0 Å². The zero-order valence-electron chi connectivity index (χ0n) is 19.4. The number of aromatic nitrogens is 7. The van der Waals surface area contributed by atoms with Gasteiger partial charge in [0.1, 0.15) is 23.0 Å². The van der Waals surface area contributed by atoms with Gasteiger partial charge in [-0.2, -0.15) is 5.10 Å². The molecular formula is C21H23FN8O4S. The molecule has 35 heavy (non-hydrogen) atoms. The Labute approximate surface area is 200 Å². The summed E-state index contributed by atoms with van der Waals surface area (Å²) < 4.78 is 56.2. The van der Waals surface area contributed by atoms with Gasteiger partial charge in [0.05, 0.1) is 43.6 Å². The van der Waals surface area contributed by atoms with Crippen LogP contribution in [0.4, 0.5) is 10.3 Å². The summed E-state index contributed by atoms with van der Waals surface area (Å²) in [4.78, 5) is 7.68. The molecule has 0 aliphatic carbocycles. The van der Waals surface area contributed by atoms with Crippen molar-refractivity contribution < 1.29 is 22.3 Å². The van der Waals surface area contributed by atoms with E-state index in [1.165, 1.54) is 25.7 Å². The molecule has 0 unspecified atom stereocenters. The van der Waals surface area contributed by atoms with Gasteiger partial charge in [-0.05, 0) is 19.1 Å². The first-order valence-electron chi connectivity index (χ1n) is 10.4. The molecule has 184 valence electrons. The van der Waals surface area contributed by atoms with Crippen molar-refractivity contribution in [3.05, 3.63) is 54.6 Å². The number of ether oxygens (including phenoxy) is 2. The van der Waals surface area contributed by atoms with Crippen LogP contribution in [0.1, 0.15) is 12.7 Å². The summed E-state index contributed by atoms with van der Waals surface area (Å²) in [6, 6.07) is 5.15. The van der Waals surface area contributed by atoms with Gasteiger partial charge in [-0.1, -0.05) is 6.07 Å². The number of nitrogens with one attached hydrogen (secondary N) is 1. The fraction of sp³-hybridized carbons (Fsp3) is 0.286. The first-order chi connectivity index (χ1) is 16.7. The number of benzene rings is 1. The van der Waals surface area contributed by atoms with Crippen molar-refractivity contribution in [3.63, 3.8) is 0 Å². The molecule has 3 aromatic heterocycles. The van der Waals surface area contributed by atoms with Crippen LogP contribution in [0, 0.1) is 5.82 Å². The van der Waals surface area contributed by atoms with Crippen molar-refractivity contribution in [1.29, 1.82) is 0 Å². The molecule has 0 radical (unpaired) electrons. The molecule has 4 aromatic rings. The lowest BCUT2D eigenvalue weighted by molar-refractivity contribution is 0.391. The first-order valence-corrected chi connectivity index (χ1v) is 11.9. The highest BCUT2D eigenvalue weighted by Crippen LogP contribution is 2.37. The second-order valence-corrected chi connectivity index (χ2v) is 9.67. The smallest absolute Gasteiger partial charge is 0.243 e. The second-order valence-electron chi connectivity index (χ2n) is 7.58. The standard InChI is InChI=1S/C21H23FN8O4S/c1-13(8-18-23-10-15(22)11-24-18)35(31,32)28-21-27-26-20(14-9-25-29(2)12-14)30(21)19-16(33-3)6-5-7-17(19)34-4/h5-7,9-13H,8H2,1-4H3,(H,27,28)/t13-/m1/s1. The monoisotopic (exact) mass is 502 g/mol. The third kappa shape index (κ3) is 4.91. The molecule has 0 fully saturated rings. The topological polar surface area (TPSA) is 139 Å². The number of hydrogen-bond acceptors (Lipinski definition) is 9. The second kappa shape index (κ2) is 9.66. The van der Waals surface area contributed by atoms with Crippen LogP contribution in [0.25, 0.3) is 17.1 Å². The fourth-order valence-electron chi connectivity index (χ4n) is 3.38. The van der Waals surface area contributed by atoms with Gasteiger partial charge in [-0.25, -0.2) is 22.8 Å². The van der Waals surface area contributed by atoms with Gasteiger partial charge in [-0.15, -0.1) is 10.2 Å². The molecule has 3 heterocycles. The summed E-state index contributed by atoms with van der Waals surface area (Å²) in [5, 5.41) is 11.5. The number of para-hydroxylation sites is 1. The number of halogens is 1. The average molecular weight is 503 g/mol. The average Bonchev–Trinajstić information content (AvgIpc) is 3.45. The molecule has 14 heteroatoms. The lowest BCUT2D eigenvalue weighted by atomic mass is 10.2. The van der Waals surface area contributed by atoms with E-state index in [0.717, 1.165) is 12.4 Å². The van der Waals surface area contributed by atoms with Gasteiger partial charge >= 0.3 is 0 Å². The van der Waals surface area contributed by atoms with Crippen molar-refractivity contribution in [2.45, 2.75) is 18.6 Å². The molecule has 1 aromatic carbocycles. The van der Waals surface area contributed by atoms with Gasteiger partial charge in [0.15, 0.2) is 11.6 Å². The van der Waals surface area contributed by atoms with Crippen LogP contribution in [-0.4, -0.2) is 62.4 Å². The number of rotatable bonds is 9. The summed E-state index contributed by atoms with van der Waals surface area (Å²) in [7, 11) is 0.716. The van der Waals surface area contributed by atoms with Crippen LogP contribution in [0.2, 0.25) is 0 Å². The predicted molar refractivity (Wildman–Crippen MR) is 124 cm³/mol. The van der Waals surface area contributed by atoms with Crippen LogP contribution in [0.15, 0.2) is 43.0 Å². The van der Waals surface area contributed by atoms with Gasteiger partial charge in [-0.3, -0.25) is 14.0 Å². The van der Waals surface area contributed by atoms with Crippen molar-refractivity contribution in [1.82, 2.24) is 34.5 Å². The third-order valence-electron chi connectivity index (χ3n) is 5.16. The molecule has 1 atom stereocenters. The van der Waals surface area contributed by atoms with Gasteiger partial charge < -0.3 is 9.47 Å². The SMILES string of the molecule is COc1cccc(OC)c1-n1c(NS(=O)(=O)[C@H](C)Cc2ncc(F)cn2)nnc1-c1cnn(C)c1. The molecule has 0 saturated carbocycles. The van der Waals surface area contributed by atoms with Crippen molar-refractivity contribution in [2.24, 2.45) is 7.05 Å². The van der Waals surface area contributed by atoms with E-state index in [1.54, 1.807) is 42.3 Å². The number of anilines is 1. The number of sulfonamides is 1. The van der Waals surface area contributed by atoms with E-state index >= 15 is 0 Å². The van der Waals surface area contributed by atoms with E-state index in [4.69, 9.17) is 9.47 Å². The molecule has 0 aliphatic heterocycles. The highest BCUT2D eigenvalue weighted by Gasteiger charge is 2.28. The molecule has 4 rings (SSSR count). The third-order valence-corrected chi connectivity index (χ3v) is 6.85. The minimum Gasteiger partial charge on any atom is -0.494 e. The molecule has 12 nitrogen and oxygen atoms in total. The minimum atomic E-state index is -4.00. The quantitative estimate of drug-likeness (QED) is 0.364. The number of hydrogen-bond donors (Lipinski definition) is 1. The molecule has 0 bridgehead atoms. The van der Waals surface area contributed by atoms with Crippen LogP contribution in [-0.2, 0) is 23.5 Å². The molecule has 1 N–H and O–H groups in total. The fourth-order valence-corrected chi connectivity index (χ4v) is 4.33. The van der Waals surface area contributed by atoms with Crippen molar-refractivity contribution in [3.8, 4) is 28.6 Å². The number of methoxy groups -OCH3 is 2. The maximum Gasteiger partial charge on any atom is 0.243 e. The number of nitrogens with zero attached hydrogens (tertiary/aromatic N) is 7. The summed E-state index contributed by atoms with van der Waals surface area (Å²) in [6.07, 6.45) is 5.22. The Morgan fingerprint density at radius 1 is 1.09 bits per heavy atom. The normalized spacial score (nSPS) is 12.4. The van der Waals surface area contributed by atoms with E-state index in [2.05, 4.69) is 30.0 Å². The number of aryl methyl sites for hydroxylation is 1. The molecule has 0 aliphatic rings. The highest BCUT2D eigenvalue weighted by molar-refractivity contribution is 7.93. The van der Waals surface area contributed by atoms with Crippen molar-refractivity contribution in [2.75, 3.05) is 18.9 Å². The van der Waals surface area contributed by atoms with Crippen LogP contribution >= 0.6 is 0 Å². The summed E-state index contributed by atoms with van der Waals surface area (Å²) in [5.41, 5.74) is 0.986. The highest BCUT2D eigenvalue weighted by atomic mass is 32.2. The minimum absolute atomic E-state index is 0.0445. The van der Waals surface area contributed by atoms with E-state index in [1.807, 2.05) is 0 Å². The van der Waals surface area contributed by atoms with Gasteiger partial charge in [0.25, 0.3) is 0 Å². The summed E-state index contributed by atoms with van der Waals surface area (Å²) in [6.45, 7) is 1.49. The lowest BCUT2D eigenvalue weighted by Crippen LogP contribution is -2.29. The maximum atomic E-state index is 13.2. The summed E-state index contributed by atoms with van der Waals surface area (Å²) >= 11 is 0. The van der Waals surface area contributed by atoms with E-state index in [-0.39, 0.29) is 18.2 Å². The molecular weight excluding hydrogens is 479 g/mol. The van der Waals surface area contributed by atoms with Crippen LogP contribution in [0.3, 0.4) is 0 Å². The summed E-state index contributed by atoms with van der Waals surface area (Å²) in [5.74, 6) is 0.619. The lowest BCUT2D eigenvalue weighted by Gasteiger charge is -2.18. The zero-order chi connectivity index (χ0) is 25.2. The Morgan fingerprint density at radius 2 is 1.74 bits per heavy atom. The maximum absolute atomic E-state index is 13.2. The van der Waals surface area contributed by atoms with Crippen LogP contribution in [0.5, 0.6) is 11.5 Å².